The first-order chi connectivity index (χ1) is 8.08. The minimum absolute atomic E-state index is 0.0842. The van der Waals surface area contributed by atoms with E-state index in [2.05, 4.69) is 4.98 Å². The monoisotopic (exact) mass is 269 g/mol. The normalized spacial score (nSPS) is 10.5. The molecule has 0 radical (unpaired) electrons. The second-order valence-corrected chi connectivity index (χ2v) is 4.92. The predicted molar refractivity (Wildman–Crippen MR) is 66.3 cm³/mol. The molecular formula is C12H9ClFNOS. The average molecular weight is 270 g/mol. The van der Waals surface area contributed by atoms with Gasteiger partial charge in [0.15, 0.2) is 5.78 Å². The third-order valence-corrected chi connectivity index (χ3v) is 3.43. The number of ketones is 1. The van der Waals surface area contributed by atoms with Gasteiger partial charge in [-0.1, -0.05) is 23.7 Å². The molecule has 2 nitrogen and oxygen atoms in total. The van der Waals surface area contributed by atoms with E-state index < -0.39 is 5.82 Å². The molecule has 0 bridgehead atoms. The van der Waals surface area contributed by atoms with E-state index in [1.54, 1.807) is 17.5 Å². The molecule has 2 rings (SSSR count). The molecule has 88 valence electrons. The van der Waals surface area contributed by atoms with Gasteiger partial charge in [-0.3, -0.25) is 4.79 Å². The van der Waals surface area contributed by atoms with Gasteiger partial charge in [0, 0.05) is 18.7 Å². The van der Waals surface area contributed by atoms with E-state index in [4.69, 9.17) is 11.6 Å². The van der Waals surface area contributed by atoms with Crippen molar-refractivity contribution in [3.8, 4) is 0 Å². The number of aromatic nitrogens is 1. The first-order valence-electron chi connectivity index (χ1n) is 4.96. The fraction of sp³-hybridized carbons (Fsp3) is 0.167. The fourth-order valence-electron chi connectivity index (χ4n) is 1.40. The summed E-state index contributed by atoms with van der Waals surface area (Å²) in [5.74, 6) is -0.507. The first kappa shape index (κ1) is 12.2. The lowest BCUT2D eigenvalue weighted by Gasteiger charge is -2.01. The van der Waals surface area contributed by atoms with Crippen LogP contribution in [0.4, 0.5) is 4.39 Å². The van der Waals surface area contributed by atoms with Crippen molar-refractivity contribution in [2.45, 2.75) is 13.3 Å². The van der Waals surface area contributed by atoms with Gasteiger partial charge in [0.25, 0.3) is 0 Å². The van der Waals surface area contributed by atoms with E-state index in [-0.39, 0.29) is 10.8 Å². The van der Waals surface area contributed by atoms with Gasteiger partial charge in [-0.15, -0.1) is 11.3 Å². The van der Waals surface area contributed by atoms with Crippen molar-refractivity contribution in [1.29, 1.82) is 0 Å². The summed E-state index contributed by atoms with van der Waals surface area (Å²) in [5.41, 5.74) is 0.911. The minimum atomic E-state index is -0.422. The van der Waals surface area contributed by atoms with Crippen molar-refractivity contribution >= 4 is 28.7 Å². The summed E-state index contributed by atoms with van der Waals surface area (Å²) in [6, 6.07) is 4.86. The molecule has 17 heavy (non-hydrogen) atoms. The highest BCUT2D eigenvalue weighted by Crippen LogP contribution is 2.22. The van der Waals surface area contributed by atoms with E-state index >= 15 is 0 Å². The molecule has 1 heterocycles. The number of hydrogen-bond acceptors (Lipinski definition) is 3. The Hall–Kier alpha value is -1.26. The molecule has 0 aliphatic heterocycles. The number of benzene rings is 1. The maximum absolute atomic E-state index is 13.6. The molecule has 0 aliphatic rings. The Kier molecular flexibility index (Phi) is 3.54. The second-order valence-electron chi connectivity index (χ2n) is 3.57. The van der Waals surface area contributed by atoms with Gasteiger partial charge in [-0.25, -0.2) is 9.37 Å². The Morgan fingerprint density at radius 1 is 1.53 bits per heavy atom. The Balaban J connectivity index is 2.25. The molecule has 0 unspecified atom stereocenters. The highest BCUT2D eigenvalue weighted by molar-refractivity contribution is 7.09. The fourth-order valence-corrected chi connectivity index (χ4v) is 2.45. The average Bonchev–Trinajstić information content (AvgIpc) is 2.73. The second kappa shape index (κ2) is 4.94. The summed E-state index contributed by atoms with van der Waals surface area (Å²) in [5, 5.41) is 2.49. The summed E-state index contributed by atoms with van der Waals surface area (Å²) < 4.78 is 13.6. The molecule has 0 spiro atoms. The number of Topliss-reactive ketones (excluding diaryl/α,β-unsaturated/α-hetero) is 1. The van der Waals surface area contributed by atoms with Gasteiger partial charge in [-0.2, -0.15) is 0 Å². The van der Waals surface area contributed by atoms with E-state index in [1.165, 1.54) is 24.3 Å². The van der Waals surface area contributed by atoms with Crippen LogP contribution in [0.3, 0.4) is 0 Å². The highest BCUT2D eigenvalue weighted by Gasteiger charge is 2.10. The van der Waals surface area contributed by atoms with Gasteiger partial charge in [-0.05, 0) is 11.6 Å². The zero-order valence-corrected chi connectivity index (χ0v) is 10.6. The van der Waals surface area contributed by atoms with Crippen LogP contribution in [-0.2, 0) is 6.42 Å². The lowest BCUT2D eigenvalue weighted by atomic mass is 10.1. The molecule has 5 heteroatoms. The molecule has 1 aromatic heterocycles. The number of hydrogen-bond donors (Lipinski definition) is 0. The molecule has 2 aromatic rings. The molecule has 0 N–H and O–H groups in total. The molecule has 0 saturated heterocycles. The molecule has 0 saturated carbocycles. The van der Waals surface area contributed by atoms with Crippen molar-refractivity contribution in [1.82, 2.24) is 4.98 Å². The molecule has 0 amide bonds. The van der Waals surface area contributed by atoms with Crippen LogP contribution < -0.4 is 0 Å². The molecule has 1 aromatic carbocycles. The zero-order valence-electron chi connectivity index (χ0n) is 9.04. The van der Waals surface area contributed by atoms with Crippen LogP contribution in [0.25, 0.3) is 0 Å². The molecule has 0 fully saturated rings. The highest BCUT2D eigenvalue weighted by atomic mass is 35.5. The van der Waals surface area contributed by atoms with E-state index in [9.17, 15) is 9.18 Å². The predicted octanol–water partition coefficient (Wildman–Crippen LogP) is 3.73. The maximum Gasteiger partial charge on any atom is 0.178 e. The number of carbonyl (C=O) groups excluding carboxylic acids is 1. The SMILES string of the molecule is CC(=O)c1csc(Cc2cccc(Cl)c2F)n1. The largest absolute Gasteiger partial charge is 0.293 e. The van der Waals surface area contributed by atoms with Gasteiger partial charge in [0.05, 0.1) is 10.0 Å². The van der Waals surface area contributed by atoms with E-state index in [1.807, 2.05) is 0 Å². The van der Waals surface area contributed by atoms with Crippen LogP contribution in [0.15, 0.2) is 23.6 Å². The third-order valence-electron chi connectivity index (χ3n) is 2.29. The first-order valence-corrected chi connectivity index (χ1v) is 6.22. The number of halogens is 2. The van der Waals surface area contributed by atoms with Crippen LogP contribution in [-0.4, -0.2) is 10.8 Å². The summed E-state index contributed by atoms with van der Waals surface area (Å²) in [6.45, 7) is 1.46. The molecule has 0 aliphatic carbocycles. The van der Waals surface area contributed by atoms with E-state index in [0.717, 1.165) is 0 Å². The summed E-state index contributed by atoms with van der Waals surface area (Å²) in [6.07, 6.45) is 0.352. The quantitative estimate of drug-likeness (QED) is 0.795. The number of nitrogens with zero attached hydrogens (tertiary/aromatic N) is 1. The lowest BCUT2D eigenvalue weighted by Crippen LogP contribution is -1.95. The number of carbonyl (C=O) groups is 1. The summed E-state index contributed by atoms with van der Waals surface area (Å²) in [4.78, 5) is 15.2. The topological polar surface area (TPSA) is 30.0 Å². The van der Waals surface area contributed by atoms with Gasteiger partial charge < -0.3 is 0 Å². The third kappa shape index (κ3) is 2.70. The van der Waals surface area contributed by atoms with Crippen molar-refractivity contribution in [3.63, 3.8) is 0 Å². The Labute approximate surface area is 107 Å². The van der Waals surface area contributed by atoms with Crippen molar-refractivity contribution in [3.05, 3.63) is 50.7 Å². The van der Waals surface area contributed by atoms with Crippen LogP contribution in [0, 0.1) is 5.82 Å². The van der Waals surface area contributed by atoms with Crippen molar-refractivity contribution < 1.29 is 9.18 Å². The molecular weight excluding hydrogens is 261 g/mol. The standard InChI is InChI=1S/C12H9ClFNOS/c1-7(16)10-6-17-11(15-10)5-8-3-2-4-9(13)12(8)14/h2-4,6H,5H2,1H3. The summed E-state index contributed by atoms with van der Waals surface area (Å²) >= 11 is 7.04. The smallest absolute Gasteiger partial charge is 0.178 e. The maximum atomic E-state index is 13.6. The van der Waals surface area contributed by atoms with Gasteiger partial charge in [0.2, 0.25) is 0 Å². The van der Waals surface area contributed by atoms with Gasteiger partial charge >= 0.3 is 0 Å². The minimum Gasteiger partial charge on any atom is -0.293 e. The van der Waals surface area contributed by atoms with Crippen LogP contribution >= 0.6 is 22.9 Å². The van der Waals surface area contributed by atoms with Crippen LogP contribution in [0.5, 0.6) is 0 Å². The molecule has 0 atom stereocenters. The number of rotatable bonds is 3. The summed E-state index contributed by atoms with van der Waals surface area (Å²) in [7, 11) is 0. The van der Waals surface area contributed by atoms with Crippen LogP contribution in [0.2, 0.25) is 5.02 Å². The Morgan fingerprint density at radius 3 is 2.94 bits per heavy atom. The Morgan fingerprint density at radius 2 is 2.29 bits per heavy atom. The Bertz CT molecular complexity index is 567. The lowest BCUT2D eigenvalue weighted by molar-refractivity contribution is 0.101. The zero-order chi connectivity index (χ0) is 12.4. The number of thiazole rings is 1. The van der Waals surface area contributed by atoms with Crippen LogP contribution in [0.1, 0.15) is 28.0 Å². The van der Waals surface area contributed by atoms with Crippen molar-refractivity contribution in [2.24, 2.45) is 0 Å². The van der Waals surface area contributed by atoms with Gasteiger partial charge in [0.1, 0.15) is 11.5 Å². The van der Waals surface area contributed by atoms with Crippen molar-refractivity contribution in [2.75, 3.05) is 0 Å². The van der Waals surface area contributed by atoms with E-state index in [0.29, 0.717) is 22.7 Å².